The Bertz CT molecular complexity index is 2020. The zero-order valence-corrected chi connectivity index (χ0v) is 28.8. The van der Waals surface area contributed by atoms with Crippen molar-refractivity contribution in [2.45, 2.75) is 77.3 Å². The highest BCUT2D eigenvalue weighted by molar-refractivity contribution is 7.92. The lowest BCUT2D eigenvalue weighted by Crippen LogP contribution is -2.41. The number of alkyl halides is 3. The van der Waals surface area contributed by atoms with Crippen LogP contribution in [0.3, 0.4) is 0 Å². The van der Waals surface area contributed by atoms with Gasteiger partial charge in [-0.3, -0.25) is 9.10 Å². The Kier molecular flexibility index (Phi) is 8.68. The van der Waals surface area contributed by atoms with Crippen LogP contribution >= 0.6 is 0 Å². The topological polar surface area (TPSA) is 98.1 Å². The predicted molar refractivity (Wildman–Crippen MR) is 180 cm³/mol. The number of anilines is 1. The maximum Gasteiger partial charge on any atom is 0.495 e. The van der Waals surface area contributed by atoms with Gasteiger partial charge in [0.2, 0.25) is 10.0 Å². The molecule has 14 heteroatoms. The van der Waals surface area contributed by atoms with Crippen LogP contribution in [0.1, 0.15) is 80.4 Å². The summed E-state index contributed by atoms with van der Waals surface area (Å²) in [5.41, 5.74) is -1.11. The van der Waals surface area contributed by atoms with Crippen LogP contribution in [0.4, 0.5) is 23.2 Å². The standard InChI is InChI=1S/C35H37BF4N2O6S/c1-7-49(44,45)42(19-20-8-15-27(26(16-20)35(38,39)40)36-47-33(2,3)34(4,5)48-36)28-18-29-25(17-24(28)21-9-10-21)30(32(43)41-6)31(46-29)22-11-13-23(37)14-12-22/h8,11-18,21H,7,9-10,19H2,1-6H3,(H,41,43). The van der Waals surface area contributed by atoms with Crippen LogP contribution in [-0.4, -0.2) is 45.4 Å². The smallest absolute Gasteiger partial charge is 0.455 e. The average Bonchev–Trinajstić information content (AvgIpc) is 3.77. The average molecular weight is 701 g/mol. The molecule has 1 saturated heterocycles. The molecule has 8 nitrogen and oxygen atoms in total. The van der Waals surface area contributed by atoms with E-state index in [9.17, 15) is 30.8 Å². The highest BCUT2D eigenvalue weighted by Crippen LogP contribution is 2.48. The van der Waals surface area contributed by atoms with Gasteiger partial charge in [-0.25, -0.2) is 12.8 Å². The van der Waals surface area contributed by atoms with Crippen LogP contribution in [-0.2, 0) is 32.1 Å². The van der Waals surface area contributed by atoms with Crippen molar-refractivity contribution in [3.05, 3.63) is 82.7 Å². The summed E-state index contributed by atoms with van der Waals surface area (Å²) in [5, 5.41) is 3.05. The number of fused-ring (bicyclic) bond motifs is 1. The van der Waals surface area contributed by atoms with E-state index in [1.54, 1.807) is 33.8 Å². The van der Waals surface area contributed by atoms with Crippen molar-refractivity contribution in [3.8, 4) is 11.3 Å². The van der Waals surface area contributed by atoms with E-state index in [1.165, 1.54) is 56.4 Å². The van der Waals surface area contributed by atoms with E-state index in [0.717, 1.165) is 23.2 Å². The molecule has 4 aromatic rings. The number of furan rings is 1. The summed E-state index contributed by atoms with van der Waals surface area (Å²) in [6.45, 7) is 8.04. The molecule has 6 rings (SSSR count). The van der Waals surface area contributed by atoms with Crippen LogP contribution in [0.15, 0.2) is 59.0 Å². The molecule has 1 amide bonds. The number of nitrogens with zero attached hydrogens (tertiary/aromatic N) is 1. The molecule has 1 aromatic heterocycles. The first-order valence-electron chi connectivity index (χ1n) is 16.0. The number of amides is 1. The van der Waals surface area contributed by atoms with Gasteiger partial charge >= 0.3 is 13.3 Å². The number of halogens is 4. The van der Waals surface area contributed by atoms with Crippen LogP contribution in [0, 0.1) is 5.82 Å². The first-order chi connectivity index (χ1) is 22.9. The molecule has 0 unspecified atom stereocenters. The van der Waals surface area contributed by atoms with Crippen molar-refractivity contribution in [3.63, 3.8) is 0 Å². The van der Waals surface area contributed by atoms with Gasteiger partial charge in [0.25, 0.3) is 5.91 Å². The summed E-state index contributed by atoms with van der Waals surface area (Å²) in [7, 11) is -3.87. The maximum atomic E-state index is 14.6. The summed E-state index contributed by atoms with van der Waals surface area (Å²) in [4.78, 5) is 13.2. The van der Waals surface area contributed by atoms with E-state index >= 15 is 0 Å². The minimum Gasteiger partial charge on any atom is -0.455 e. The third-order valence-corrected chi connectivity index (χ3v) is 11.4. The second kappa shape index (κ2) is 12.2. The summed E-state index contributed by atoms with van der Waals surface area (Å²) >= 11 is 0. The van der Waals surface area contributed by atoms with E-state index in [0.29, 0.717) is 16.5 Å². The fraction of sp³-hybridized carbons (Fsp3) is 0.400. The molecule has 1 aliphatic heterocycles. The SMILES string of the molecule is CCS(=O)(=O)N(Cc1ccc(B2OC(C)(C)C(C)(C)O2)c(C(F)(F)F)c1)c1cc2oc(-c3ccc(F)cc3)c(C(=O)NC)c2cc1C1CC1. The van der Waals surface area contributed by atoms with Gasteiger partial charge in [-0.15, -0.1) is 0 Å². The minimum atomic E-state index is -4.79. The van der Waals surface area contributed by atoms with Gasteiger partial charge in [0.1, 0.15) is 17.2 Å². The van der Waals surface area contributed by atoms with Crippen molar-refractivity contribution >= 4 is 45.2 Å². The van der Waals surface area contributed by atoms with Gasteiger partial charge in [-0.1, -0.05) is 12.1 Å². The number of carbonyl (C=O) groups is 1. The predicted octanol–water partition coefficient (Wildman–Crippen LogP) is 7.15. The Morgan fingerprint density at radius 2 is 1.63 bits per heavy atom. The molecule has 260 valence electrons. The molecule has 1 N–H and O–H groups in total. The third kappa shape index (κ3) is 6.46. The Hall–Kier alpha value is -3.88. The molecular weight excluding hydrogens is 663 g/mol. The van der Waals surface area contributed by atoms with E-state index < -0.39 is 58.4 Å². The second-order valence-electron chi connectivity index (χ2n) is 13.5. The van der Waals surface area contributed by atoms with Crippen molar-refractivity contribution < 1.29 is 44.5 Å². The van der Waals surface area contributed by atoms with Crippen LogP contribution in [0.25, 0.3) is 22.3 Å². The molecule has 0 atom stereocenters. The largest absolute Gasteiger partial charge is 0.495 e. The first kappa shape index (κ1) is 35.0. The van der Waals surface area contributed by atoms with Crippen LogP contribution in [0.2, 0.25) is 0 Å². The molecule has 0 radical (unpaired) electrons. The molecule has 2 heterocycles. The number of hydrogen-bond donors (Lipinski definition) is 1. The Morgan fingerprint density at radius 1 is 1.00 bits per heavy atom. The molecule has 3 aromatic carbocycles. The second-order valence-corrected chi connectivity index (χ2v) is 15.7. The van der Waals surface area contributed by atoms with E-state index in [-0.39, 0.29) is 45.3 Å². The van der Waals surface area contributed by atoms with Gasteiger partial charge in [0, 0.05) is 24.1 Å². The number of rotatable bonds is 9. The summed E-state index contributed by atoms with van der Waals surface area (Å²) < 4.78 is 104. The van der Waals surface area contributed by atoms with E-state index in [2.05, 4.69) is 5.32 Å². The van der Waals surface area contributed by atoms with Crippen molar-refractivity contribution in [1.29, 1.82) is 0 Å². The van der Waals surface area contributed by atoms with Gasteiger partial charge < -0.3 is 19.0 Å². The number of hydrogen-bond acceptors (Lipinski definition) is 6. The fourth-order valence-electron chi connectivity index (χ4n) is 6.02. The van der Waals surface area contributed by atoms with Crippen molar-refractivity contribution in [2.24, 2.45) is 0 Å². The molecule has 1 saturated carbocycles. The summed E-state index contributed by atoms with van der Waals surface area (Å²) in [6.07, 6.45) is -3.27. The zero-order valence-electron chi connectivity index (χ0n) is 28.0. The van der Waals surface area contributed by atoms with Gasteiger partial charge in [0.15, 0.2) is 0 Å². The van der Waals surface area contributed by atoms with E-state index in [4.69, 9.17) is 13.7 Å². The Labute approximate surface area is 282 Å². The Balaban J connectivity index is 1.49. The number of benzene rings is 3. The molecule has 2 fully saturated rings. The van der Waals surface area contributed by atoms with Crippen LogP contribution in [0.5, 0.6) is 0 Å². The first-order valence-corrected chi connectivity index (χ1v) is 17.6. The van der Waals surface area contributed by atoms with Crippen molar-refractivity contribution in [2.75, 3.05) is 17.1 Å². The quantitative estimate of drug-likeness (QED) is 0.147. The molecule has 0 spiro atoms. The number of nitrogens with one attached hydrogen (secondary N) is 1. The van der Waals surface area contributed by atoms with Crippen LogP contribution < -0.4 is 15.1 Å². The highest BCUT2D eigenvalue weighted by atomic mass is 32.2. The highest BCUT2D eigenvalue weighted by Gasteiger charge is 2.53. The lowest BCUT2D eigenvalue weighted by molar-refractivity contribution is -0.136. The summed E-state index contributed by atoms with van der Waals surface area (Å²) in [6, 6.07) is 12.3. The molecule has 49 heavy (non-hydrogen) atoms. The molecule has 1 aliphatic carbocycles. The van der Waals surface area contributed by atoms with Gasteiger partial charge in [-0.2, -0.15) is 13.2 Å². The Morgan fingerprint density at radius 3 is 2.18 bits per heavy atom. The molecule has 2 aliphatic rings. The summed E-state index contributed by atoms with van der Waals surface area (Å²) in [5.74, 6) is -1.11. The van der Waals surface area contributed by atoms with Gasteiger partial charge in [0.05, 0.1) is 40.3 Å². The number of sulfonamides is 1. The monoisotopic (exact) mass is 700 g/mol. The molecule has 0 bridgehead atoms. The lowest BCUT2D eigenvalue weighted by Gasteiger charge is -2.32. The lowest BCUT2D eigenvalue weighted by atomic mass is 9.75. The van der Waals surface area contributed by atoms with E-state index in [1.807, 2.05) is 0 Å². The van der Waals surface area contributed by atoms with Gasteiger partial charge in [-0.05, 0) is 106 Å². The third-order valence-electron chi connectivity index (χ3n) is 9.64. The minimum absolute atomic E-state index is 0.0350. The fourth-order valence-corrected chi connectivity index (χ4v) is 7.13. The maximum absolute atomic E-state index is 14.6. The normalized spacial score (nSPS) is 17.5. The molecular formula is C35H37BF4N2O6S. The van der Waals surface area contributed by atoms with Crippen molar-refractivity contribution in [1.82, 2.24) is 5.32 Å². The zero-order chi connectivity index (χ0) is 35.7. The number of carbonyl (C=O) groups excluding carboxylic acids is 1.